The van der Waals surface area contributed by atoms with Gasteiger partial charge in [-0.05, 0) is 56.2 Å². The third kappa shape index (κ3) is 12.1. The van der Waals surface area contributed by atoms with Crippen LogP contribution in [0.3, 0.4) is 0 Å². The van der Waals surface area contributed by atoms with Gasteiger partial charge in [0.1, 0.15) is 17.8 Å². The van der Waals surface area contributed by atoms with E-state index in [0.717, 1.165) is 78.4 Å². The van der Waals surface area contributed by atoms with Crippen molar-refractivity contribution in [2.45, 2.75) is 89.1 Å². The summed E-state index contributed by atoms with van der Waals surface area (Å²) in [6.07, 6.45) is 7.40. The van der Waals surface area contributed by atoms with E-state index in [1.54, 1.807) is 49.1 Å². The summed E-state index contributed by atoms with van der Waals surface area (Å²) in [5.74, 6) is 0. The van der Waals surface area contributed by atoms with E-state index in [4.69, 9.17) is 11.6 Å². The minimum atomic E-state index is -3.21. The fraction of sp³-hybridized carbons (Fsp3) is 0.304. The Bertz CT molecular complexity index is 2530. The number of hydrogen-bond donors (Lipinski definition) is 0. The molecular formula is C46H53ClN6O4S2. The molecule has 2 atom stereocenters. The van der Waals surface area contributed by atoms with Crippen LogP contribution in [0.4, 0.5) is 0 Å². The fourth-order valence-corrected chi connectivity index (χ4v) is 8.51. The van der Waals surface area contributed by atoms with Gasteiger partial charge in [-0.25, -0.2) is 36.8 Å². The van der Waals surface area contributed by atoms with E-state index in [1.807, 2.05) is 31.2 Å². The maximum atomic E-state index is 11.7. The first kappa shape index (κ1) is 45.2. The van der Waals surface area contributed by atoms with E-state index in [9.17, 15) is 16.8 Å². The number of halogens is 1. The van der Waals surface area contributed by atoms with Crippen molar-refractivity contribution in [1.29, 1.82) is 0 Å². The lowest BCUT2D eigenvalue weighted by molar-refractivity contribution is 0.173. The molecule has 8 rings (SSSR count). The topological polar surface area (TPSA) is 126 Å². The van der Waals surface area contributed by atoms with Gasteiger partial charge in [-0.15, -0.1) is 0 Å². The average Bonchev–Trinajstić information content (AvgIpc) is 3.19. The van der Waals surface area contributed by atoms with Gasteiger partial charge in [0.2, 0.25) is 0 Å². The molecule has 0 radical (unpaired) electrons. The summed E-state index contributed by atoms with van der Waals surface area (Å²) in [7, 11) is -6.23. The van der Waals surface area contributed by atoms with Crippen molar-refractivity contribution in [1.82, 2.24) is 29.7 Å². The Morgan fingerprint density at radius 3 is 1.49 bits per heavy atom. The Kier molecular flexibility index (Phi) is 15.3. The van der Waals surface area contributed by atoms with Crippen molar-refractivity contribution in [3.8, 4) is 11.3 Å². The maximum absolute atomic E-state index is 11.7. The van der Waals surface area contributed by atoms with Crippen molar-refractivity contribution in [3.63, 3.8) is 0 Å². The Morgan fingerprint density at radius 2 is 1.02 bits per heavy atom. The monoisotopic (exact) mass is 852 g/mol. The van der Waals surface area contributed by atoms with Gasteiger partial charge in [0.25, 0.3) is 0 Å². The molecule has 10 nitrogen and oxygen atoms in total. The minimum Gasteiger partial charge on any atom is -0.292 e. The summed E-state index contributed by atoms with van der Waals surface area (Å²) in [6.45, 7) is 9.80. The second-order valence-corrected chi connectivity index (χ2v) is 19.4. The minimum absolute atomic E-state index is 0. The van der Waals surface area contributed by atoms with Crippen LogP contribution in [0.25, 0.3) is 11.3 Å². The van der Waals surface area contributed by atoms with Gasteiger partial charge in [-0.2, -0.15) is 0 Å². The van der Waals surface area contributed by atoms with Gasteiger partial charge in [-0.1, -0.05) is 110 Å². The molecule has 2 aliphatic rings. The fourth-order valence-electron chi connectivity index (χ4n) is 7.04. The highest BCUT2D eigenvalue weighted by Gasteiger charge is 2.28. The van der Waals surface area contributed by atoms with E-state index in [0.29, 0.717) is 27.0 Å². The molecule has 6 aromatic rings. The number of rotatable bonds is 7. The standard InChI is InChI=1S/C22H23N3O2S.C15H16ClN3.C8H10O2S.CH4/c1-16-12-21-20(14-25(16)13-17-6-4-3-5-7-17)22(24-15-23-21)18-8-10-19(11-9-18)28(2,26)27;1-11-7-14-13(15(16)18-10-17-14)9-19(11)8-12-5-3-2-4-6-12;1-7-3-5-8(6-4-7)11(2,9)10;/h3-11,15-16H,12-14H2,1-2H3;2-6,10-11H,7-9H2,1H3;3-6H,1-2H3;1H4. The third-order valence-corrected chi connectivity index (χ3v) is 13.0. The quantitative estimate of drug-likeness (QED) is 0.144. The number of aromatic nitrogens is 4. The number of sulfone groups is 2. The first-order chi connectivity index (χ1) is 27.7. The predicted molar refractivity (Wildman–Crippen MR) is 236 cm³/mol. The third-order valence-electron chi connectivity index (χ3n) is 10.4. The number of nitrogens with zero attached hydrogens (tertiary/aromatic N) is 6. The SMILES string of the molecule is C.CC1Cc2ncnc(-c3ccc(S(C)(=O)=O)cc3)c2CN1Cc1ccccc1.CC1Cc2ncnc(Cl)c2CN1Cc1ccccc1.Cc1ccc(S(C)(=O)=O)cc1. The van der Waals surface area contributed by atoms with Crippen LogP contribution in [0.5, 0.6) is 0 Å². The molecule has 0 fully saturated rings. The molecular weight excluding hydrogens is 800 g/mol. The second-order valence-electron chi connectivity index (χ2n) is 15.0. The van der Waals surface area contributed by atoms with Crippen molar-refractivity contribution >= 4 is 31.3 Å². The Hall–Kier alpha value is -4.85. The van der Waals surface area contributed by atoms with E-state index >= 15 is 0 Å². The van der Waals surface area contributed by atoms with Gasteiger partial charge in [-0.3, -0.25) is 9.80 Å². The molecule has 4 heterocycles. The Balaban J connectivity index is 0.000000184. The first-order valence-corrected chi connectivity index (χ1v) is 23.3. The molecule has 0 aliphatic carbocycles. The van der Waals surface area contributed by atoms with E-state index in [2.05, 4.69) is 92.1 Å². The number of hydrogen-bond acceptors (Lipinski definition) is 10. The molecule has 2 aromatic heterocycles. The Morgan fingerprint density at radius 1 is 0.593 bits per heavy atom. The maximum Gasteiger partial charge on any atom is 0.175 e. The highest BCUT2D eigenvalue weighted by Crippen LogP contribution is 2.31. The molecule has 0 amide bonds. The molecule has 13 heteroatoms. The van der Waals surface area contributed by atoms with E-state index in [1.165, 1.54) is 23.6 Å². The molecule has 0 bridgehead atoms. The van der Waals surface area contributed by atoms with Crippen LogP contribution in [0.2, 0.25) is 5.15 Å². The number of aryl methyl sites for hydroxylation is 1. The second kappa shape index (κ2) is 19.9. The molecule has 310 valence electrons. The van der Waals surface area contributed by atoms with E-state index < -0.39 is 19.7 Å². The van der Waals surface area contributed by atoms with Gasteiger partial charge in [0.05, 0.1) is 26.9 Å². The van der Waals surface area contributed by atoms with Crippen LogP contribution in [-0.2, 0) is 58.7 Å². The van der Waals surface area contributed by atoms with Crippen molar-refractivity contribution in [2.75, 3.05) is 12.5 Å². The van der Waals surface area contributed by atoms with Crippen LogP contribution in [0.15, 0.2) is 132 Å². The number of fused-ring (bicyclic) bond motifs is 2. The first-order valence-electron chi connectivity index (χ1n) is 19.1. The van der Waals surface area contributed by atoms with Gasteiger partial charge in [0.15, 0.2) is 19.7 Å². The summed E-state index contributed by atoms with van der Waals surface area (Å²) >= 11 is 6.18. The summed E-state index contributed by atoms with van der Waals surface area (Å²) in [5.41, 5.74) is 9.86. The lowest BCUT2D eigenvalue weighted by Crippen LogP contribution is -2.38. The van der Waals surface area contributed by atoms with E-state index in [-0.39, 0.29) is 7.43 Å². The van der Waals surface area contributed by atoms with Gasteiger partial charge in [0, 0.05) is 80.3 Å². The van der Waals surface area contributed by atoms with Crippen LogP contribution < -0.4 is 0 Å². The molecule has 59 heavy (non-hydrogen) atoms. The zero-order chi connectivity index (χ0) is 41.5. The normalized spacial score (nSPS) is 16.5. The predicted octanol–water partition coefficient (Wildman–Crippen LogP) is 8.61. The Labute approximate surface area is 355 Å². The summed E-state index contributed by atoms with van der Waals surface area (Å²) in [6, 6.07) is 35.6. The zero-order valence-electron chi connectivity index (χ0n) is 33.5. The largest absolute Gasteiger partial charge is 0.292 e. The lowest BCUT2D eigenvalue weighted by atomic mass is 9.95. The molecule has 2 aliphatic heterocycles. The van der Waals surface area contributed by atoms with Crippen LogP contribution >= 0.6 is 11.6 Å². The summed E-state index contributed by atoms with van der Waals surface area (Å²) < 4.78 is 45.4. The molecule has 0 spiro atoms. The summed E-state index contributed by atoms with van der Waals surface area (Å²) in [4.78, 5) is 23.0. The van der Waals surface area contributed by atoms with Crippen molar-refractivity contribution in [2.24, 2.45) is 0 Å². The molecule has 2 unspecified atom stereocenters. The van der Waals surface area contributed by atoms with Crippen molar-refractivity contribution < 1.29 is 16.8 Å². The molecule has 0 saturated carbocycles. The molecule has 4 aromatic carbocycles. The highest BCUT2D eigenvalue weighted by molar-refractivity contribution is 7.91. The van der Waals surface area contributed by atoms with Crippen LogP contribution in [0.1, 0.15) is 60.5 Å². The molecule has 0 N–H and O–H groups in total. The van der Waals surface area contributed by atoms with Crippen molar-refractivity contribution in [3.05, 3.63) is 166 Å². The number of benzene rings is 4. The highest BCUT2D eigenvalue weighted by atomic mass is 35.5. The molecule has 0 saturated heterocycles. The lowest BCUT2D eigenvalue weighted by Gasteiger charge is -2.35. The summed E-state index contributed by atoms with van der Waals surface area (Å²) in [5, 5.41) is 0.593. The zero-order valence-corrected chi connectivity index (χ0v) is 35.8. The smallest absolute Gasteiger partial charge is 0.175 e. The van der Waals surface area contributed by atoms with Crippen LogP contribution in [0, 0.1) is 6.92 Å². The van der Waals surface area contributed by atoms with Gasteiger partial charge >= 0.3 is 0 Å². The van der Waals surface area contributed by atoms with Crippen LogP contribution in [-0.4, -0.2) is 71.2 Å². The van der Waals surface area contributed by atoms with Gasteiger partial charge < -0.3 is 0 Å². The average molecular weight is 854 g/mol.